The number of nitro groups is 1. The molecule has 0 unspecified atom stereocenters. The molecule has 0 radical (unpaired) electrons. The maximum Gasteiger partial charge on any atom is 0.304 e. The molecular formula is C11H17N3O5S2. The highest BCUT2D eigenvalue weighted by Gasteiger charge is 2.28. The van der Waals surface area contributed by atoms with E-state index in [4.69, 9.17) is 10.5 Å². The number of rotatable bonds is 8. The molecule has 1 aliphatic rings. The highest BCUT2D eigenvalue weighted by Crippen LogP contribution is 2.35. The lowest BCUT2D eigenvalue weighted by molar-refractivity contribution is -0.383. The smallest absolute Gasteiger partial charge is 0.304 e. The fourth-order valence-corrected chi connectivity index (χ4v) is 4.22. The molecule has 1 aromatic rings. The lowest BCUT2D eigenvalue weighted by atomic mass is 10.5. The Hall–Kier alpha value is -1.23. The molecule has 0 amide bonds. The van der Waals surface area contributed by atoms with E-state index in [0.717, 1.165) is 10.4 Å². The van der Waals surface area contributed by atoms with Gasteiger partial charge in [-0.25, -0.2) is 8.42 Å². The van der Waals surface area contributed by atoms with Gasteiger partial charge in [0.15, 0.2) is 5.00 Å². The maximum atomic E-state index is 12.3. The molecule has 21 heavy (non-hydrogen) atoms. The topological polar surface area (TPSA) is 116 Å². The second kappa shape index (κ2) is 6.26. The second-order valence-corrected chi connectivity index (χ2v) is 8.27. The van der Waals surface area contributed by atoms with E-state index in [1.54, 1.807) is 0 Å². The van der Waals surface area contributed by atoms with Gasteiger partial charge in [-0.3, -0.25) is 10.1 Å². The van der Waals surface area contributed by atoms with Gasteiger partial charge in [0, 0.05) is 26.3 Å². The molecule has 8 nitrogen and oxygen atoms in total. The van der Waals surface area contributed by atoms with Crippen LogP contribution in [-0.4, -0.2) is 44.5 Å². The highest BCUT2D eigenvalue weighted by molar-refractivity contribution is 7.91. The summed E-state index contributed by atoms with van der Waals surface area (Å²) in [5.74, 6) is 0.617. The lowest BCUT2D eigenvalue weighted by Crippen LogP contribution is -2.30. The zero-order chi connectivity index (χ0) is 15.6. The minimum Gasteiger partial charge on any atom is -0.385 e. The van der Waals surface area contributed by atoms with E-state index in [-0.39, 0.29) is 21.4 Å². The van der Waals surface area contributed by atoms with Gasteiger partial charge in [-0.05, 0) is 18.8 Å². The van der Waals surface area contributed by atoms with Crippen molar-refractivity contribution in [2.75, 3.05) is 32.5 Å². The van der Waals surface area contributed by atoms with Crippen LogP contribution in [0.2, 0.25) is 0 Å². The summed E-state index contributed by atoms with van der Waals surface area (Å²) in [7, 11) is -2.36. The van der Waals surface area contributed by atoms with Gasteiger partial charge >= 0.3 is 5.69 Å². The van der Waals surface area contributed by atoms with E-state index in [9.17, 15) is 18.5 Å². The van der Waals surface area contributed by atoms with E-state index >= 15 is 0 Å². The van der Waals surface area contributed by atoms with Crippen molar-refractivity contribution < 1.29 is 18.1 Å². The molecular weight excluding hydrogens is 318 g/mol. The summed E-state index contributed by atoms with van der Waals surface area (Å²) in [6.45, 7) is 1.15. The second-order valence-electron chi connectivity index (χ2n) is 4.92. The Morgan fingerprint density at radius 3 is 2.76 bits per heavy atom. The van der Waals surface area contributed by atoms with Crippen molar-refractivity contribution in [2.45, 2.75) is 17.1 Å². The van der Waals surface area contributed by atoms with Crippen LogP contribution in [0.15, 0.2) is 10.3 Å². The van der Waals surface area contributed by atoms with Crippen molar-refractivity contribution in [3.63, 3.8) is 0 Å². The Labute approximate surface area is 126 Å². The summed E-state index contributed by atoms with van der Waals surface area (Å²) >= 11 is 0.698. The minimum absolute atomic E-state index is 0.114. The standard InChI is InChI=1S/C11H17N3O5S2/c1-13(4-5-19-7-8-2-3-8)21(17,18)10-6-9(14(15)16)11(12)20-10/h6,8H,2-5,7,12H2,1H3. The maximum absolute atomic E-state index is 12.3. The Kier molecular flexibility index (Phi) is 4.81. The van der Waals surface area contributed by atoms with Gasteiger partial charge in [-0.1, -0.05) is 11.3 Å². The minimum atomic E-state index is -3.77. The summed E-state index contributed by atoms with van der Waals surface area (Å²) < 4.78 is 30.9. The Morgan fingerprint density at radius 1 is 1.57 bits per heavy atom. The third kappa shape index (κ3) is 3.90. The first-order valence-electron chi connectivity index (χ1n) is 6.40. The van der Waals surface area contributed by atoms with E-state index < -0.39 is 14.9 Å². The molecule has 1 aliphatic carbocycles. The normalized spacial score (nSPS) is 15.5. The number of nitrogens with two attached hydrogens (primary N) is 1. The molecule has 118 valence electrons. The monoisotopic (exact) mass is 335 g/mol. The van der Waals surface area contributed by atoms with E-state index in [2.05, 4.69) is 0 Å². The number of sulfonamides is 1. The number of anilines is 1. The van der Waals surface area contributed by atoms with Crippen LogP contribution >= 0.6 is 11.3 Å². The van der Waals surface area contributed by atoms with Crippen molar-refractivity contribution >= 4 is 32.0 Å². The number of nitrogens with zero attached hydrogens (tertiary/aromatic N) is 2. The van der Waals surface area contributed by atoms with Gasteiger partial charge < -0.3 is 10.5 Å². The van der Waals surface area contributed by atoms with Gasteiger partial charge in [-0.15, -0.1) is 0 Å². The molecule has 0 bridgehead atoms. The fraction of sp³-hybridized carbons (Fsp3) is 0.636. The van der Waals surface area contributed by atoms with Crippen molar-refractivity contribution in [3.8, 4) is 0 Å². The van der Waals surface area contributed by atoms with Gasteiger partial charge in [-0.2, -0.15) is 4.31 Å². The van der Waals surface area contributed by atoms with Crippen molar-refractivity contribution in [2.24, 2.45) is 5.92 Å². The molecule has 0 saturated heterocycles. The fourth-order valence-electron chi connectivity index (χ4n) is 1.64. The van der Waals surface area contributed by atoms with Crippen molar-refractivity contribution in [3.05, 3.63) is 16.2 Å². The zero-order valence-electron chi connectivity index (χ0n) is 11.5. The summed E-state index contributed by atoms with van der Waals surface area (Å²) in [5.41, 5.74) is 5.09. The van der Waals surface area contributed by atoms with Crippen LogP contribution < -0.4 is 5.73 Å². The summed E-state index contributed by atoms with van der Waals surface area (Å²) in [5, 5.41) is 10.6. The van der Waals surface area contributed by atoms with Crippen LogP contribution in [-0.2, 0) is 14.8 Å². The quantitative estimate of drug-likeness (QED) is 0.435. The zero-order valence-corrected chi connectivity index (χ0v) is 13.2. The Balaban J connectivity index is 1.98. The summed E-state index contributed by atoms with van der Waals surface area (Å²) in [4.78, 5) is 10.0. The number of hydrogen-bond acceptors (Lipinski definition) is 7. The first-order chi connectivity index (χ1) is 9.82. The first-order valence-corrected chi connectivity index (χ1v) is 8.66. The molecule has 2 N–H and O–H groups in total. The highest BCUT2D eigenvalue weighted by atomic mass is 32.2. The van der Waals surface area contributed by atoms with Crippen LogP contribution in [0.1, 0.15) is 12.8 Å². The van der Waals surface area contributed by atoms with Gasteiger partial charge in [0.2, 0.25) is 0 Å². The number of ether oxygens (including phenoxy) is 1. The predicted octanol–water partition coefficient (Wildman–Crippen LogP) is 1.29. The van der Waals surface area contributed by atoms with Crippen molar-refractivity contribution in [1.82, 2.24) is 4.31 Å². The van der Waals surface area contributed by atoms with Gasteiger partial charge in [0.1, 0.15) is 4.21 Å². The molecule has 1 saturated carbocycles. The molecule has 1 fully saturated rings. The lowest BCUT2D eigenvalue weighted by Gasteiger charge is -2.15. The Morgan fingerprint density at radius 2 is 2.24 bits per heavy atom. The third-order valence-corrected chi connectivity index (χ3v) is 6.44. The number of hydrogen-bond donors (Lipinski definition) is 1. The van der Waals surface area contributed by atoms with Gasteiger partial charge in [0.25, 0.3) is 10.0 Å². The molecule has 0 atom stereocenters. The molecule has 10 heteroatoms. The van der Waals surface area contributed by atoms with Crippen LogP contribution in [0.3, 0.4) is 0 Å². The third-order valence-electron chi connectivity index (χ3n) is 3.18. The average Bonchev–Trinajstić information content (AvgIpc) is 3.14. The number of likely N-dealkylation sites (N-methyl/N-ethyl adjacent to an activating group) is 1. The summed E-state index contributed by atoms with van der Waals surface area (Å²) in [6.07, 6.45) is 2.35. The predicted molar refractivity (Wildman–Crippen MR) is 78.7 cm³/mol. The molecule has 1 heterocycles. The first kappa shape index (κ1) is 16.1. The molecule has 2 rings (SSSR count). The molecule has 0 aromatic carbocycles. The molecule has 1 aromatic heterocycles. The van der Waals surface area contributed by atoms with E-state index in [0.29, 0.717) is 30.5 Å². The van der Waals surface area contributed by atoms with Crippen LogP contribution in [0.5, 0.6) is 0 Å². The molecule has 0 spiro atoms. The number of nitrogen functional groups attached to an aromatic ring is 1. The van der Waals surface area contributed by atoms with Crippen molar-refractivity contribution in [1.29, 1.82) is 0 Å². The number of thiophene rings is 1. The van der Waals surface area contributed by atoms with E-state index in [1.807, 2.05) is 0 Å². The molecule has 0 aliphatic heterocycles. The Bertz CT molecular complexity index is 624. The van der Waals surface area contributed by atoms with Crippen LogP contribution in [0.4, 0.5) is 10.7 Å². The van der Waals surface area contributed by atoms with E-state index in [1.165, 1.54) is 19.9 Å². The van der Waals surface area contributed by atoms with Gasteiger partial charge in [0.05, 0.1) is 11.5 Å². The SMILES string of the molecule is CN(CCOCC1CC1)S(=O)(=O)c1cc([N+](=O)[O-])c(N)s1. The summed E-state index contributed by atoms with van der Waals surface area (Å²) in [6, 6.07) is 0.997. The average molecular weight is 335 g/mol. The largest absolute Gasteiger partial charge is 0.385 e. The van der Waals surface area contributed by atoms with Crippen LogP contribution in [0.25, 0.3) is 0 Å². The van der Waals surface area contributed by atoms with Crippen LogP contribution in [0, 0.1) is 16.0 Å².